The number of hydrogen-bond donors (Lipinski definition) is 1. The number of amides is 1. The minimum Gasteiger partial charge on any atom is -0.493 e. The number of hydrogen-bond acceptors (Lipinski definition) is 6. The second-order valence-corrected chi connectivity index (χ2v) is 8.15. The second kappa shape index (κ2) is 9.66. The molecule has 0 radical (unpaired) electrons. The second-order valence-electron chi connectivity index (χ2n) is 6.95. The smallest absolute Gasteiger partial charge is 0.259 e. The predicted molar refractivity (Wildman–Crippen MR) is 126 cm³/mol. The third kappa shape index (κ3) is 4.72. The topological polar surface area (TPSA) is 69.2 Å². The van der Waals surface area contributed by atoms with Gasteiger partial charge in [0.15, 0.2) is 11.5 Å². The van der Waals surface area contributed by atoms with E-state index in [1.165, 1.54) is 11.3 Å². The lowest BCUT2D eigenvalue weighted by atomic mass is 10.1. The van der Waals surface area contributed by atoms with Crippen molar-refractivity contribution in [3.05, 3.63) is 63.5 Å². The zero-order chi connectivity index (χ0) is 22.5. The first-order chi connectivity index (χ1) is 14.9. The first-order valence-corrected chi connectivity index (χ1v) is 10.5. The zero-order valence-electron chi connectivity index (χ0n) is 18.5. The van der Waals surface area contributed by atoms with Crippen LogP contribution >= 0.6 is 11.3 Å². The van der Waals surface area contributed by atoms with Crippen molar-refractivity contribution in [1.29, 1.82) is 0 Å². The van der Waals surface area contributed by atoms with E-state index in [4.69, 9.17) is 14.2 Å². The molecule has 0 bridgehead atoms. The summed E-state index contributed by atoms with van der Waals surface area (Å²) in [4.78, 5) is 18.8. The number of nitrogens with zero attached hydrogens (tertiary/aromatic N) is 1. The molecule has 0 saturated heterocycles. The Bertz CT molecular complexity index is 1110. The van der Waals surface area contributed by atoms with Gasteiger partial charge in [-0.2, -0.15) is 0 Å². The number of ether oxygens (including phenoxy) is 3. The lowest BCUT2D eigenvalue weighted by molar-refractivity contribution is 0.102. The van der Waals surface area contributed by atoms with E-state index in [1.54, 1.807) is 27.5 Å². The molecule has 7 heteroatoms. The maximum absolute atomic E-state index is 13.1. The fraction of sp³-hybridized carbons (Fsp3) is 0.250. The van der Waals surface area contributed by atoms with E-state index >= 15 is 0 Å². The first kappa shape index (κ1) is 22.4. The lowest BCUT2D eigenvalue weighted by Crippen LogP contribution is -2.13. The molecule has 0 fully saturated rings. The van der Waals surface area contributed by atoms with Crippen LogP contribution in [0.3, 0.4) is 0 Å². The molecule has 0 aliphatic carbocycles. The minimum absolute atomic E-state index is 0.173. The van der Waals surface area contributed by atoms with Crippen molar-refractivity contribution in [1.82, 2.24) is 0 Å². The number of thiophene rings is 1. The molecular formula is C24H26N2O4S. The summed E-state index contributed by atoms with van der Waals surface area (Å²) in [7, 11) is 4.70. The van der Waals surface area contributed by atoms with Gasteiger partial charge in [-0.25, -0.2) is 4.99 Å². The fourth-order valence-corrected chi connectivity index (χ4v) is 4.17. The summed E-state index contributed by atoms with van der Waals surface area (Å²) in [6.45, 7) is 5.89. The molecule has 3 rings (SSSR count). The highest BCUT2D eigenvalue weighted by Gasteiger charge is 2.20. The van der Waals surface area contributed by atoms with Crippen LogP contribution in [0.4, 0.5) is 10.7 Å². The Balaban J connectivity index is 1.96. The van der Waals surface area contributed by atoms with Gasteiger partial charge < -0.3 is 19.5 Å². The molecule has 1 aromatic heterocycles. The Morgan fingerprint density at radius 2 is 1.65 bits per heavy atom. The van der Waals surface area contributed by atoms with Gasteiger partial charge >= 0.3 is 0 Å². The summed E-state index contributed by atoms with van der Waals surface area (Å²) in [5.41, 5.74) is 4.06. The minimum atomic E-state index is -0.173. The van der Waals surface area contributed by atoms with Crippen molar-refractivity contribution >= 4 is 34.1 Å². The van der Waals surface area contributed by atoms with Gasteiger partial charge in [-0.05, 0) is 50.1 Å². The summed E-state index contributed by atoms with van der Waals surface area (Å²) in [5, 5.41) is 3.66. The summed E-state index contributed by atoms with van der Waals surface area (Å²) in [6.07, 6.45) is 1.69. The maximum Gasteiger partial charge on any atom is 0.259 e. The van der Waals surface area contributed by atoms with Gasteiger partial charge in [0.05, 0.1) is 26.9 Å². The Hall–Kier alpha value is -3.32. The monoisotopic (exact) mass is 438 g/mol. The largest absolute Gasteiger partial charge is 0.493 e. The summed E-state index contributed by atoms with van der Waals surface area (Å²) < 4.78 is 16.2. The van der Waals surface area contributed by atoms with Crippen molar-refractivity contribution in [2.75, 3.05) is 26.6 Å². The van der Waals surface area contributed by atoms with E-state index < -0.39 is 0 Å². The normalized spacial score (nSPS) is 10.9. The molecule has 31 heavy (non-hydrogen) atoms. The molecule has 3 aromatic rings. The van der Waals surface area contributed by atoms with Gasteiger partial charge in [-0.15, -0.1) is 11.3 Å². The molecule has 0 aliphatic heterocycles. The number of rotatable bonds is 7. The number of carbonyl (C=O) groups is 1. The third-order valence-corrected chi connectivity index (χ3v) is 6.12. The molecule has 2 aromatic carbocycles. The molecule has 1 amide bonds. The Morgan fingerprint density at radius 1 is 1.00 bits per heavy atom. The van der Waals surface area contributed by atoms with Gasteiger partial charge in [0.1, 0.15) is 5.00 Å². The van der Waals surface area contributed by atoms with Gasteiger partial charge in [0.25, 0.3) is 5.91 Å². The van der Waals surface area contributed by atoms with Gasteiger partial charge in [-0.1, -0.05) is 18.2 Å². The highest BCUT2D eigenvalue weighted by Crippen LogP contribution is 2.39. The molecule has 0 saturated carbocycles. The van der Waals surface area contributed by atoms with Crippen LogP contribution in [0, 0.1) is 20.8 Å². The quantitative estimate of drug-likeness (QED) is 0.480. The van der Waals surface area contributed by atoms with E-state index in [0.29, 0.717) is 27.8 Å². The van der Waals surface area contributed by atoms with Crippen LogP contribution in [0.2, 0.25) is 0 Å². The molecule has 0 unspecified atom stereocenters. The number of benzene rings is 2. The molecule has 1 N–H and O–H groups in total. The van der Waals surface area contributed by atoms with Crippen molar-refractivity contribution in [3.8, 4) is 17.2 Å². The highest BCUT2D eigenvalue weighted by molar-refractivity contribution is 7.16. The van der Waals surface area contributed by atoms with Gasteiger partial charge in [-0.3, -0.25) is 4.79 Å². The van der Waals surface area contributed by atoms with E-state index in [9.17, 15) is 4.79 Å². The molecule has 0 spiro atoms. The average molecular weight is 439 g/mol. The van der Waals surface area contributed by atoms with E-state index in [-0.39, 0.29) is 5.91 Å². The highest BCUT2D eigenvalue weighted by atomic mass is 32.1. The third-order valence-electron chi connectivity index (χ3n) is 5.00. The Morgan fingerprint density at radius 3 is 2.23 bits per heavy atom. The van der Waals surface area contributed by atoms with E-state index in [0.717, 1.165) is 27.3 Å². The molecule has 0 aliphatic rings. The summed E-state index contributed by atoms with van der Waals surface area (Å²) in [6, 6.07) is 11.3. The van der Waals surface area contributed by atoms with Crippen LogP contribution in [0.5, 0.6) is 17.2 Å². The number of methoxy groups -OCH3 is 3. The molecule has 6 nitrogen and oxygen atoms in total. The number of para-hydroxylation sites is 1. The summed E-state index contributed by atoms with van der Waals surface area (Å²) in [5.74, 6) is 1.43. The summed E-state index contributed by atoms with van der Waals surface area (Å²) >= 11 is 1.48. The van der Waals surface area contributed by atoms with E-state index in [1.807, 2.05) is 57.2 Å². The Labute approximate surface area is 186 Å². The van der Waals surface area contributed by atoms with Crippen molar-refractivity contribution in [2.45, 2.75) is 20.8 Å². The average Bonchev–Trinajstić information content (AvgIpc) is 3.06. The van der Waals surface area contributed by atoms with Gasteiger partial charge in [0, 0.05) is 22.3 Å². The van der Waals surface area contributed by atoms with Crippen LogP contribution in [0.1, 0.15) is 31.9 Å². The number of anilines is 1. The predicted octanol–water partition coefficient (Wildman–Crippen LogP) is 5.70. The number of nitrogens with one attached hydrogen (secondary N) is 1. The number of aryl methyl sites for hydroxylation is 2. The lowest BCUT2D eigenvalue weighted by Gasteiger charge is -2.12. The van der Waals surface area contributed by atoms with E-state index in [2.05, 4.69) is 10.3 Å². The van der Waals surface area contributed by atoms with Crippen LogP contribution in [-0.4, -0.2) is 33.5 Å². The fourth-order valence-electron chi connectivity index (χ4n) is 3.17. The van der Waals surface area contributed by atoms with Crippen LogP contribution in [0.25, 0.3) is 0 Å². The molecular weight excluding hydrogens is 412 g/mol. The molecule has 162 valence electrons. The SMILES string of the molecule is COc1cc(/C=N/c2sc(C)c(C)c2C(=O)Nc2ccccc2C)cc(OC)c1OC. The number of aliphatic imine (C=N–C) groups is 1. The van der Waals surface area contributed by atoms with Crippen LogP contribution in [0.15, 0.2) is 41.4 Å². The maximum atomic E-state index is 13.1. The standard InChI is InChI=1S/C24H26N2O4S/c1-14-9-7-8-10-18(14)26-23(27)21-15(2)16(3)31-24(21)25-13-17-11-19(28-4)22(30-6)20(12-17)29-5/h7-13H,1-6H3,(H,26,27)/b25-13+. The van der Waals surface area contributed by atoms with Crippen LogP contribution in [-0.2, 0) is 0 Å². The first-order valence-electron chi connectivity index (χ1n) is 9.70. The zero-order valence-corrected chi connectivity index (χ0v) is 19.3. The van der Waals surface area contributed by atoms with Gasteiger partial charge in [0.2, 0.25) is 5.75 Å². The van der Waals surface area contributed by atoms with Crippen LogP contribution < -0.4 is 19.5 Å². The van der Waals surface area contributed by atoms with Crippen molar-refractivity contribution in [2.24, 2.45) is 4.99 Å². The van der Waals surface area contributed by atoms with Crippen molar-refractivity contribution < 1.29 is 19.0 Å². The molecule has 1 heterocycles. The van der Waals surface area contributed by atoms with Crippen molar-refractivity contribution in [3.63, 3.8) is 0 Å². The Kier molecular flexibility index (Phi) is 6.97. The number of carbonyl (C=O) groups excluding carboxylic acids is 1. The molecule has 0 atom stereocenters.